The maximum Gasteiger partial charge on any atom is 0.253 e. The first kappa shape index (κ1) is 20.0. The minimum atomic E-state index is -3.53. The monoisotopic (exact) mass is 426 g/mol. The van der Waals surface area contributed by atoms with Gasteiger partial charge in [0.15, 0.2) is 15.3 Å². The Morgan fingerprint density at radius 3 is 2.31 bits per heavy atom. The molecule has 1 aliphatic heterocycles. The first-order chi connectivity index (χ1) is 14.0. The van der Waals surface area contributed by atoms with E-state index in [2.05, 4.69) is 10.8 Å². The molecular formula is C22H22N2O3S2. The fraction of sp³-hybridized carbons (Fsp3) is 0.227. The van der Waals surface area contributed by atoms with Crippen LogP contribution >= 0.6 is 11.3 Å². The average Bonchev–Trinajstić information content (AvgIpc) is 3.29. The van der Waals surface area contributed by atoms with Crippen molar-refractivity contribution in [2.75, 3.05) is 13.1 Å². The second kappa shape index (κ2) is 8.59. The predicted octanol–water partition coefficient (Wildman–Crippen LogP) is 4.21. The van der Waals surface area contributed by atoms with Gasteiger partial charge >= 0.3 is 0 Å². The highest BCUT2D eigenvalue weighted by Gasteiger charge is 2.29. The summed E-state index contributed by atoms with van der Waals surface area (Å²) in [5, 5.41) is 2.03. The van der Waals surface area contributed by atoms with E-state index in [-0.39, 0.29) is 16.8 Å². The van der Waals surface area contributed by atoms with Crippen LogP contribution in [0.5, 0.6) is 0 Å². The number of carbonyl (C=O) groups excluding carboxylic acids is 1. The van der Waals surface area contributed by atoms with Crippen LogP contribution < -0.4 is 4.72 Å². The zero-order valence-corrected chi connectivity index (χ0v) is 17.5. The number of rotatable bonds is 5. The molecule has 5 nitrogen and oxygen atoms in total. The number of nitrogens with one attached hydrogen (secondary N) is 1. The minimum Gasteiger partial charge on any atom is -0.593 e. The number of sulfonamides is 1. The molecule has 1 aromatic heterocycles. The van der Waals surface area contributed by atoms with Crippen LogP contribution in [0.3, 0.4) is 0 Å². The van der Waals surface area contributed by atoms with Gasteiger partial charge in [-0.2, -0.15) is 0 Å². The van der Waals surface area contributed by atoms with E-state index in [1.54, 1.807) is 46.6 Å². The lowest BCUT2D eigenvalue weighted by atomic mass is 10.0. The molecule has 0 radical (unpaired) electrons. The highest BCUT2D eigenvalue weighted by Crippen LogP contribution is 2.25. The lowest BCUT2D eigenvalue weighted by molar-refractivity contribution is 0.0711. The number of benzene rings is 2. The Bertz CT molecular complexity index is 996. The summed E-state index contributed by atoms with van der Waals surface area (Å²) >= 11 is 1.67. The topological polar surface area (TPSA) is 72.5 Å². The van der Waals surface area contributed by atoms with E-state index in [4.69, 9.17) is 0 Å². The summed E-state index contributed by atoms with van der Waals surface area (Å²) in [4.78, 5) is 16.0. The molecule has 1 amide bonds. The molecule has 0 spiro atoms. The van der Waals surface area contributed by atoms with Crippen LogP contribution in [0.25, 0.3) is 10.4 Å². The maximum absolute atomic E-state index is 12.8. The fourth-order valence-corrected chi connectivity index (χ4v) is 5.55. The van der Waals surface area contributed by atoms with E-state index in [1.165, 1.54) is 4.88 Å². The Kier molecular flexibility index (Phi) is 5.91. The van der Waals surface area contributed by atoms with Crippen LogP contribution in [-0.2, 0) is 14.6 Å². The van der Waals surface area contributed by atoms with Gasteiger partial charge < -0.3 is 9.45 Å². The number of carbonyl (C=O) groups is 1. The summed E-state index contributed by atoms with van der Waals surface area (Å²) in [6.07, 6.45) is 1.20. The SMILES string of the molecule is O=C(c1ccc(-c2cccs2)cc1)N1CCC(N[S+](=O)([O-])c2ccccc2)CC1. The number of amides is 1. The van der Waals surface area contributed by atoms with Gasteiger partial charge in [0.25, 0.3) is 5.91 Å². The number of likely N-dealkylation sites (tertiary alicyclic amines) is 1. The number of piperidine rings is 1. The summed E-state index contributed by atoms with van der Waals surface area (Å²) in [6.45, 7) is 1.07. The van der Waals surface area contributed by atoms with Crippen molar-refractivity contribution in [2.24, 2.45) is 0 Å². The minimum absolute atomic E-state index is 0.00732. The van der Waals surface area contributed by atoms with Gasteiger partial charge in [0.2, 0.25) is 0 Å². The second-order valence-electron chi connectivity index (χ2n) is 7.06. The third-order valence-corrected chi connectivity index (χ3v) is 7.55. The van der Waals surface area contributed by atoms with Crippen LogP contribution in [-0.4, -0.2) is 34.5 Å². The first-order valence-electron chi connectivity index (χ1n) is 9.53. The summed E-state index contributed by atoms with van der Waals surface area (Å²) in [5.41, 5.74) is 1.76. The third-order valence-electron chi connectivity index (χ3n) is 5.10. The Hall–Kier alpha value is -2.32. The summed E-state index contributed by atoms with van der Waals surface area (Å²) in [5.74, 6) is -0.00732. The smallest absolute Gasteiger partial charge is 0.253 e. The van der Waals surface area contributed by atoms with Gasteiger partial charge in [0.1, 0.15) is 0 Å². The molecule has 150 valence electrons. The number of nitrogens with zero attached hydrogens (tertiary/aromatic N) is 1. The van der Waals surface area contributed by atoms with Gasteiger partial charge in [-0.1, -0.05) is 40.6 Å². The number of thiophene rings is 1. The van der Waals surface area contributed by atoms with Crippen molar-refractivity contribution in [3.63, 3.8) is 0 Å². The van der Waals surface area contributed by atoms with Gasteiger partial charge in [0, 0.05) is 23.5 Å². The molecule has 0 aliphatic carbocycles. The molecule has 1 unspecified atom stereocenters. The standard InChI is InChI=1S/C22H22N2O3S2/c25-22(18-10-8-17(9-11-18)21-7-4-16-28-21)24-14-12-19(13-15-24)23-29(26,27)20-5-2-1-3-6-20/h1-11,16,19H,12-15H2,(H-,23,26,27). The van der Waals surface area contributed by atoms with Crippen LogP contribution in [0.15, 0.2) is 77.0 Å². The van der Waals surface area contributed by atoms with Crippen molar-refractivity contribution in [3.8, 4) is 10.4 Å². The second-order valence-corrected chi connectivity index (χ2v) is 9.72. The van der Waals surface area contributed by atoms with Gasteiger partial charge in [-0.25, -0.2) is 0 Å². The van der Waals surface area contributed by atoms with Gasteiger partial charge in [-0.15, -0.1) is 16.1 Å². The maximum atomic E-state index is 12.8. The average molecular weight is 427 g/mol. The highest BCUT2D eigenvalue weighted by atomic mass is 32.3. The van der Waals surface area contributed by atoms with Crippen molar-refractivity contribution in [2.45, 2.75) is 23.8 Å². The van der Waals surface area contributed by atoms with Crippen molar-refractivity contribution in [1.82, 2.24) is 9.62 Å². The molecule has 1 saturated heterocycles. The number of hydrogen-bond donors (Lipinski definition) is 1. The van der Waals surface area contributed by atoms with E-state index >= 15 is 0 Å². The quantitative estimate of drug-likeness (QED) is 0.621. The molecule has 2 heterocycles. The molecule has 1 N–H and O–H groups in total. The lowest BCUT2D eigenvalue weighted by Crippen LogP contribution is -2.48. The molecule has 1 fully saturated rings. The van der Waals surface area contributed by atoms with E-state index in [0.717, 1.165) is 5.56 Å². The van der Waals surface area contributed by atoms with Gasteiger partial charge in [-0.05, 0) is 54.1 Å². The van der Waals surface area contributed by atoms with E-state index in [9.17, 15) is 13.6 Å². The van der Waals surface area contributed by atoms with Gasteiger partial charge in [0.05, 0.1) is 6.04 Å². The van der Waals surface area contributed by atoms with Crippen molar-refractivity contribution >= 4 is 27.6 Å². The largest absolute Gasteiger partial charge is 0.593 e. The zero-order valence-electron chi connectivity index (χ0n) is 15.8. The summed E-state index contributed by atoms with van der Waals surface area (Å²) < 4.78 is 27.7. The van der Waals surface area contributed by atoms with Crippen LogP contribution in [0.1, 0.15) is 23.2 Å². The molecule has 2 aromatic carbocycles. The van der Waals surface area contributed by atoms with E-state index in [1.807, 2.05) is 35.7 Å². The first-order valence-corrected chi connectivity index (χ1v) is 11.9. The van der Waals surface area contributed by atoms with Crippen LogP contribution in [0, 0.1) is 0 Å². The predicted molar refractivity (Wildman–Crippen MR) is 115 cm³/mol. The van der Waals surface area contributed by atoms with E-state index < -0.39 is 10.4 Å². The number of hydrogen-bond acceptors (Lipinski definition) is 4. The Labute approximate surface area is 175 Å². The molecule has 3 aromatic rings. The highest BCUT2D eigenvalue weighted by molar-refractivity contribution is 7.95. The van der Waals surface area contributed by atoms with Crippen molar-refractivity contribution in [3.05, 3.63) is 77.7 Å². The molecule has 4 rings (SSSR count). The molecule has 1 atom stereocenters. The summed E-state index contributed by atoms with van der Waals surface area (Å²) in [6, 6.07) is 19.9. The molecular weight excluding hydrogens is 404 g/mol. The van der Waals surface area contributed by atoms with Crippen LogP contribution in [0.2, 0.25) is 0 Å². The third kappa shape index (κ3) is 4.64. The molecule has 7 heteroatoms. The Morgan fingerprint density at radius 1 is 1.00 bits per heavy atom. The fourth-order valence-electron chi connectivity index (χ4n) is 3.49. The van der Waals surface area contributed by atoms with Crippen molar-refractivity contribution in [1.29, 1.82) is 0 Å². The Balaban J connectivity index is 1.34. The normalized spacial score (nSPS) is 17.1. The molecule has 0 bridgehead atoms. The molecule has 1 aliphatic rings. The van der Waals surface area contributed by atoms with Gasteiger partial charge in [-0.3, -0.25) is 4.79 Å². The zero-order chi connectivity index (χ0) is 20.3. The van der Waals surface area contributed by atoms with Crippen molar-refractivity contribution < 1.29 is 13.6 Å². The molecule has 29 heavy (non-hydrogen) atoms. The lowest BCUT2D eigenvalue weighted by Gasteiger charge is -2.33. The Morgan fingerprint density at radius 2 is 1.69 bits per heavy atom. The van der Waals surface area contributed by atoms with E-state index in [0.29, 0.717) is 31.5 Å². The van der Waals surface area contributed by atoms with Crippen LogP contribution in [0.4, 0.5) is 0 Å². The summed E-state index contributed by atoms with van der Waals surface area (Å²) in [7, 11) is -3.53. The molecule has 0 saturated carbocycles.